The number of fused-ring (bicyclic) bond motifs is 1. The average molecular weight is 493 g/mol. The number of aryl methyl sites for hydroxylation is 2. The molecular formula is C27H25FN2O4S. The van der Waals surface area contributed by atoms with Gasteiger partial charge in [0, 0.05) is 35.0 Å². The molecule has 8 heteroatoms. The monoisotopic (exact) mass is 492 g/mol. The molecule has 0 bridgehead atoms. The first-order valence-electron chi connectivity index (χ1n) is 11.5. The number of hydrogen-bond donors (Lipinski definition) is 1. The average Bonchev–Trinajstić information content (AvgIpc) is 3.61. The van der Waals surface area contributed by atoms with Crippen LogP contribution in [0.5, 0.6) is 0 Å². The minimum atomic E-state index is -3.84. The molecular weight excluding hydrogens is 467 g/mol. The topological polar surface area (TPSA) is 85.2 Å². The lowest BCUT2D eigenvalue weighted by molar-refractivity contribution is -0.113. The van der Waals surface area contributed by atoms with Gasteiger partial charge >= 0.3 is 0 Å². The molecule has 0 radical (unpaired) electrons. The summed E-state index contributed by atoms with van der Waals surface area (Å²) >= 11 is 0. The van der Waals surface area contributed by atoms with Crippen molar-refractivity contribution in [3.8, 4) is 0 Å². The molecule has 0 atom stereocenters. The van der Waals surface area contributed by atoms with Crippen LogP contribution in [0.3, 0.4) is 0 Å². The van der Waals surface area contributed by atoms with Gasteiger partial charge in [-0.05, 0) is 62.1 Å². The minimum absolute atomic E-state index is 0.0772. The summed E-state index contributed by atoms with van der Waals surface area (Å²) in [6, 6.07) is 10.1. The van der Waals surface area contributed by atoms with Crippen molar-refractivity contribution in [3.63, 3.8) is 0 Å². The molecule has 2 aliphatic carbocycles. The van der Waals surface area contributed by atoms with Crippen molar-refractivity contribution < 1.29 is 22.4 Å². The number of allylic oxidation sites excluding steroid dienone is 4. The Balaban J connectivity index is 1.78. The van der Waals surface area contributed by atoms with Crippen molar-refractivity contribution in [1.82, 2.24) is 9.29 Å². The zero-order valence-electron chi connectivity index (χ0n) is 19.5. The molecule has 0 unspecified atom stereocenters. The molecule has 180 valence electrons. The molecule has 3 aromatic rings. The van der Waals surface area contributed by atoms with E-state index in [1.54, 1.807) is 28.9 Å². The number of amides is 1. The number of benzene rings is 2. The Morgan fingerprint density at radius 1 is 1.14 bits per heavy atom. The summed E-state index contributed by atoms with van der Waals surface area (Å²) in [6.45, 7) is 3.89. The van der Waals surface area contributed by atoms with Crippen LogP contribution in [0.4, 0.5) is 4.39 Å². The van der Waals surface area contributed by atoms with E-state index >= 15 is 0 Å². The summed E-state index contributed by atoms with van der Waals surface area (Å²) < 4.78 is 43.4. The van der Waals surface area contributed by atoms with Crippen molar-refractivity contribution in [3.05, 3.63) is 88.4 Å². The summed E-state index contributed by atoms with van der Waals surface area (Å²) in [5.41, 5.74) is 3.89. The predicted octanol–water partition coefficient (Wildman–Crippen LogP) is 4.58. The SMILES string of the molecule is Cc1ccc2c(c1)c(C1=CC=CCC1=O)c(C(=O)NS(=O)(=O)C1CC1)n2Cc1cc(F)ccc1C. The molecule has 6 nitrogen and oxygen atoms in total. The summed E-state index contributed by atoms with van der Waals surface area (Å²) in [5.74, 6) is -1.36. The third-order valence-corrected chi connectivity index (χ3v) is 8.36. The van der Waals surface area contributed by atoms with E-state index in [4.69, 9.17) is 0 Å². The quantitative estimate of drug-likeness (QED) is 0.546. The molecule has 5 rings (SSSR count). The van der Waals surface area contributed by atoms with E-state index in [2.05, 4.69) is 4.72 Å². The molecule has 1 N–H and O–H groups in total. The van der Waals surface area contributed by atoms with E-state index < -0.39 is 27.0 Å². The lowest BCUT2D eigenvalue weighted by Gasteiger charge is -2.15. The summed E-state index contributed by atoms with van der Waals surface area (Å²) in [5, 5.41) is 0.0850. The van der Waals surface area contributed by atoms with Crippen LogP contribution in [-0.4, -0.2) is 29.9 Å². The highest BCUT2D eigenvalue weighted by Gasteiger charge is 2.38. The molecule has 0 aliphatic heterocycles. The normalized spacial score (nSPS) is 16.0. The summed E-state index contributed by atoms with van der Waals surface area (Å²) in [7, 11) is -3.84. The third-order valence-electron chi connectivity index (χ3n) is 6.54. The Bertz CT molecular complexity index is 1560. The lowest BCUT2D eigenvalue weighted by Crippen LogP contribution is -2.35. The maximum absolute atomic E-state index is 14.1. The van der Waals surface area contributed by atoms with E-state index in [1.807, 2.05) is 32.0 Å². The molecule has 0 saturated heterocycles. The van der Waals surface area contributed by atoms with Crippen LogP contribution in [0.15, 0.2) is 54.6 Å². The van der Waals surface area contributed by atoms with Crippen LogP contribution in [-0.2, 0) is 21.4 Å². The van der Waals surface area contributed by atoms with Crippen LogP contribution in [0.2, 0.25) is 0 Å². The van der Waals surface area contributed by atoms with E-state index in [9.17, 15) is 22.4 Å². The maximum atomic E-state index is 14.1. The van der Waals surface area contributed by atoms with Crippen LogP contribution < -0.4 is 4.72 Å². The van der Waals surface area contributed by atoms with E-state index in [0.717, 1.165) is 11.1 Å². The first-order valence-corrected chi connectivity index (χ1v) is 13.0. The van der Waals surface area contributed by atoms with Gasteiger partial charge in [0.05, 0.1) is 5.25 Å². The molecule has 1 saturated carbocycles. The first kappa shape index (κ1) is 23.2. The van der Waals surface area contributed by atoms with Gasteiger partial charge in [0.15, 0.2) is 5.78 Å². The van der Waals surface area contributed by atoms with Crippen LogP contribution in [0.25, 0.3) is 16.5 Å². The molecule has 2 aromatic carbocycles. The van der Waals surface area contributed by atoms with Crippen molar-refractivity contribution in [1.29, 1.82) is 0 Å². The molecule has 2 aliphatic rings. The second-order valence-electron chi connectivity index (χ2n) is 9.21. The number of ketones is 1. The Hall–Kier alpha value is -3.52. The number of nitrogens with zero attached hydrogens (tertiary/aromatic N) is 1. The van der Waals surface area contributed by atoms with Crippen molar-refractivity contribution in [2.45, 2.75) is 44.9 Å². The van der Waals surface area contributed by atoms with Crippen molar-refractivity contribution in [2.75, 3.05) is 0 Å². The van der Waals surface area contributed by atoms with Crippen molar-refractivity contribution in [2.24, 2.45) is 0 Å². The van der Waals surface area contributed by atoms with Gasteiger partial charge in [0.25, 0.3) is 5.91 Å². The fraction of sp³-hybridized carbons (Fsp3) is 0.259. The molecule has 1 fully saturated rings. The largest absolute Gasteiger partial charge is 0.331 e. The summed E-state index contributed by atoms with van der Waals surface area (Å²) in [4.78, 5) is 26.6. The molecule has 1 amide bonds. The number of hydrogen-bond acceptors (Lipinski definition) is 4. The number of nitrogens with one attached hydrogen (secondary N) is 1. The number of carbonyl (C=O) groups is 2. The zero-order valence-corrected chi connectivity index (χ0v) is 20.3. The maximum Gasteiger partial charge on any atom is 0.282 e. The number of aromatic nitrogens is 1. The van der Waals surface area contributed by atoms with E-state index in [-0.39, 0.29) is 24.4 Å². The van der Waals surface area contributed by atoms with Crippen LogP contribution in [0, 0.1) is 19.7 Å². The van der Waals surface area contributed by atoms with Gasteiger partial charge in [0.2, 0.25) is 10.0 Å². The predicted molar refractivity (Wildman–Crippen MR) is 133 cm³/mol. The lowest BCUT2D eigenvalue weighted by atomic mass is 9.93. The highest BCUT2D eigenvalue weighted by Crippen LogP contribution is 2.36. The highest BCUT2D eigenvalue weighted by molar-refractivity contribution is 7.91. The van der Waals surface area contributed by atoms with Gasteiger partial charge in [0.1, 0.15) is 11.5 Å². The van der Waals surface area contributed by atoms with Crippen molar-refractivity contribution >= 4 is 38.2 Å². The molecule has 1 heterocycles. The number of carbonyl (C=O) groups excluding carboxylic acids is 2. The second kappa shape index (κ2) is 8.61. The number of Topliss-reactive ketones (excluding diaryl/α,β-unsaturated/α-hetero) is 1. The standard InChI is InChI=1S/C27H25FN2O4S/c1-16-7-12-23-22(13-16)25(21-5-3-4-6-24(21)31)26(27(32)29-35(33,34)20-10-11-20)30(23)15-18-14-19(28)9-8-17(18)2/h3-5,7-9,12-14,20H,6,10-11,15H2,1-2H3,(H,29,32). The van der Waals surface area contributed by atoms with Crippen LogP contribution in [0.1, 0.15) is 52.0 Å². The first-order chi connectivity index (χ1) is 16.7. The number of rotatable bonds is 6. The van der Waals surface area contributed by atoms with Crippen LogP contribution >= 0.6 is 0 Å². The highest BCUT2D eigenvalue weighted by atomic mass is 32.2. The van der Waals surface area contributed by atoms with Gasteiger partial charge in [-0.1, -0.05) is 35.9 Å². The van der Waals surface area contributed by atoms with Gasteiger partial charge < -0.3 is 4.57 Å². The van der Waals surface area contributed by atoms with Gasteiger partial charge in [-0.2, -0.15) is 0 Å². The summed E-state index contributed by atoms with van der Waals surface area (Å²) in [6.07, 6.45) is 6.36. The fourth-order valence-corrected chi connectivity index (χ4v) is 5.80. The van der Waals surface area contributed by atoms with Gasteiger partial charge in [-0.3, -0.25) is 9.59 Å². The molecule has 1 aromatic heterocycles. The van der Waals surface area contributed by atoms with Gasteiger partial charge in [-0.15, -0.1) is 0 Å². The number of halogens is 1. The zero-order chi connectivity index (χ0) is 24.9. The third kappa shape index (κ3) is 4.34. The number of sulfonamides is 1. The Morgan fingerprint density at radius 2 is 1.91 bits per heavy atom. The Kier molecular flexibility index (Phi) is 5.71. The Morgan fingerprint density at radius 3 is 2.63 bits per heavy atom. The second-order valence-corrected chi connectivity index (χ2v) is 11.2. The fourth-order valence-electron chi connectivity index (χ4n) is 4.53. The minimum Gasteiger partial charge on any atom is -0.331 e. The van der Waals surface area contributed by atoms with E-state index in [0.29, 0.717) is 40.4 Å². The Labute approximate surface area is 203 Å². The van der Waals surface area contributed by atoms with E-state index in [1.165, 1.54) is 12.1 Å². The molecule has 0 spiro atoms. The van der Waals surface area contributed by atoms with Gasteiger partial charge in [-0.25, -0.2) is 17.5 Å². The molecule has 35 heavy (non-hydrogen) atoms. The smallest absolute Gasteiger partial charge is 0.282 e.